The number of hydrogen-bond acceptors (Lipinski definition) is 9. The predicted molar refractivity (Wildman–Crippen MR) is 109 cm³/mol. The van der Waals surface area contributed by atoms with E-state index in [-0.39, 0.29) is 11.4 Å². The molecule has 29 heavy (non-hydrogen) atoms. The number of benzene rings is 1. The number of ether oxygens (including phenoxy) is 1. The zero-order valence-electron chi connectivity index (χ0n) is 15.5. The van der Waals surface area contributed by atoms with E-state index in [1.807, 2.05) is 12.1 Å². The second-order valence-electron chi connectivity index (χ2n) is 6.43. The van der Waals surface area contributed by atoms with E-state index in [1.54, 1.807) is 24.5 Å². The zero-order chi connectivity index (χ0) is 20.2. The van der Waals surface area contributed by atoms with Crippen molar-refractivity contribution in [2.45, 2.75) is 0 Å². The van der Waals surface area contributed by atoms with Gasteiger partial charge in [0.25, 0.3) is 5.69 Å². The van der Waals surface area contributed by atoms with Crippen molar-refractivity contribution in [1.29, 1.82) is 0 Å². The van der Waals surface area contributed by atoms with Gasteiger partial charge >= 0.3 is 0 Å². The van der Waals surface area contributed by atoms with Gasteiger partial charge in [-0.05, 0) is 24.3 Å². The van der Waals surface area contributed by atoms with E-state index < -0.39 is 4.92 Å². The lowest BCUT2D eigenvalue weighted by molar-refractivity contribution is -0.383. The third-order valence-corrected chi connectivity index (χ3v) is 4.52. The summed E-state index contributed by atoms with van der Waals surface area (Å²) < 4.78 is 5.36. The Balaban J connectivity index is 1.52. The molecule has 3 N–H and O–H groups in total. The van der Waals surface area contributed by atoms with Crippen LogP contribution in [-0.4, -0.2) is 46.2 Å². The number of aromatic nitrogens is 3. The third kappa shape index (κ3) is 4.22. The molecule has 0 spiro atoms. The molecule has 1 aromatic carbocycles. The lowest BCUT2D eigenvalue weighted by Crippen LogP contribution is -2.36. The van der Waals surface area contributed by atoms with Gasteiger partial charge in [-0.15, -0.1) is 0 Å². The Morgan fingerprint density at radius 1 is 1.14 bits per heavy atom. The Kier molecular flexibility index (Phi) is 5.16. The summed E-state index contributed by atoms with van der Waals surface area (Å²) in [6.07, 6.45) is 3.30. The van der Waals surface area contributed by atoms with Gasteiger partial charge in [-0.25, -0.2) is 15.0 Å². The van der Waals surface area contributed by atoms with Crippen molar-refractivity contribution < 1.29 is 9.66 Å². The van der Waals surface area contributed by atoms with E-state index in [2.05, 4.69) is 25.2 Å². The van der Waals surface area contributed by atoms with Gasteiger partial charge in [0.15, 0.2) is 0 Å². The number of nitrogens with one attached hydrogen (secondary N) is 1. The fraction of sp³-hybridized carbons (Fsp3) is 0.211. The summed E-state index contributed by atoms with van der Waals surface area (Å²) in [5, 5.41) is 14.2. The van der Waals surface area contributed by atoms with Gasteiger partial charge in [-0.3, -0.25) is 10.1 Å². The first-order valence-corrected chi connectivity index (χ1v) is 9.03. The van der Waals surface area contributed by atoms with Crippen molar-refractivity contribution in [3.63, 3.8) is 0 Å². The first kappa shape index (κ1) is 18.6. The van der Waals surface area contributed by atoms with Gasteiger partial charge in [-0.1, -0.05) is 6.07 Å². The molecule has 148 valence electrons. The zero-order valence-corrected chi connectivity index (χ0v) is 15.5. The van der Waals surface area contributed by atoms with Crippen LogP contribution in [0.3, 0.4) is 0 Å². The molecule has 4 rings (SSSR count). The molecule has 0 aliphatic carbocycles. The van der Waals surface area contributed by atoms with Crippen LogP contribution in [0, 0.1) is 10.1 Å². The summed E-state index contributed by atoms with van der Waals surface area (Å²) in [5.41, 5.74) is 7.48. The maximum atomic E-state index is 11.1. The summed E-state index contributed by atoms with van der Waals surface area (Å²) in [5.74, 6) is 1.26. The molecule has 1 aliphatic heterocycles. The van der Waals surface area contributed by atoms with Crippen LogP contribution in [0.25, 0.3) is 11.3 Å². The fourth-order valence-electron chi connectivity index (χ4n) is 3.01. The number of morpholine rings is 1. The highest BCUT2D eigenvalue weighted by Crippen LogP contribution is 2.28. The van der Waals surface area contributed by atoms with Crippen molar-refractivity contribution >= 4 is 28.8 Å². The quantitative estimate of drug-likeness (QED) is 0.381. The molecule has 0 radical (unpaired) electrons. The smallest absolute Gasteiger partial charge is 0.292 e. The molecule has 0 unspecified atom stereocenters. The second-order valence-corrected chi connectivity index (χ2v) is 6.43. The van der Waals surface area contributed by atoms with Crippen LogP contribution >= 0.6 is 0 Å². The van der Waals surface area contributed by atoms with Crippen molar-refractivity contribution in [2.75, 3.05) is 42.3 Å². The molecule has 10 heteroatoms. The molecule has 3 heterocycles. The third-order valence-electron chi connectivity index (χ3n) is 4.52. The number of nitrogens with zero attached hydrogens (tertiary/aromatic N) is 5. The summed E-state index contributed by atoms with van der Waals surface area (Å²) in [6, 6.07) is 10.1. The molecule has 3 aromatic rings. The average Bonchev–Trinajstić information content (AvgIpc) is 2.75. The Bertz CT molecular complexity index is 1020. The first-order chi connectivity index (χ1) is 14.1. The van der Waals surface area contributed by atoms with E-state index in [9.17, 15) is 10.1 Å². The Morgan fingerprint density at radius 3 is 2.69 bits per heavy atom. The number of nitro groups is 1. The number of nitrogens with two attached hydrogens (primary N) is 1. The van der Waals surface area contributed by atoms with Gasteiger partial charge in [0.1, 0.15) is 11.5 Å². The van der Waals surface area contributed by atoms with Crippen LogP contribution < -0.4 is 16.0 Å². The van der Waals surface area contributed by atoms with Gasteiger partial charge in [0.2, 0.25) is 5.95 Å². The maximum Gasteiger partial charge on any atom is 0.292 e. The molecule has 1 aliphatic rings. The van der Waals surface area contributed by atoms with Crippen molar-refractivity contribution in [3.8, 4) is 11.3 Å². The van der Waals surface area contributed by atoms with Crippen molar-refractivity contribution in [3.05, 3.63) is 58.9 Å². The fourth-order valence-corrected chi connectivity index (χ4v) is 3.01. The molecule has 0 amide bonds. The molecule has 10 nitrogen and oxygen atoms in total. The normalized spacial score (nSPS) is 13.9. The number of rotatable bonds is 5. The minimum absolute atomic E-state index is 0.109. The highest BCUT2D eigenvalue weighted by atomic mass is 16.6. The van der Waals surface area contributed by atoms with E-state index >= 15 is 0 Å². The molecule has 2 aromatic heterocycles. The van der Waals surface area contributed by atoms with Crippen LogP contribution in [0.4, 0.5) is 28.8 Å². The van der Waals surface area contributed by atoms with Crippen LogP contribution in [0.5, 0.6) is 0 Å². The number of hydrogen-bond donors (Lipinski definition) is 2. The second kappa shape index (κ2) is 8.07. The number of pyridine rings is 1. The molecular weight excluding hydrogens is 374 g/mol. The standard InChI is InChI=1S/C19H19N7O3/c20-15-3-1-13(11-17(15)26(27)28)16-5-6-21-19(24-16)23-14-2-4-18(22-12-14)25-7-9-29-10-8-25/h1-6,11-12H,7-10,20H2,(H,21,23,24). The van der Waals surface area contributed by atoms with Gasteiger partial charge in [-0.2, -0.15) is 0 Å². The SMILES string of the molecule is Nc1ccc(-c2ccnc(Nc3ccc(N4CCOCC4)nc3)n2)cc1[N+](=O)[O-]. The maximum absolute atomic E-state index is 11.1. The Hall–Kier alpha value is -3.79. The summed E-state index contributed by atoms with van der Waals surface area (Å²) in [7, 11) is 0. The number of nitro benzene ring substituents is 1. The minimum Gasteiger partial charge on any atom is -0.393 e. The van der Waals surface area contributed by atoms with E-state index in [1.165, 1.54) is 12.1 Å². The van der Waals surface area contributed by atoms with Crippen LogP contribution in [0.2, 0.25) is 0 Å². The molecule has 1 saturated heterocycles. The number of nitrogen functional groups attached to an aromatic ring is 1. The molecule has 1 fully saturated rings. The summed E-state index contributed by atoms with van der Waals surface area (Å²) in [6.45, 7) is 3.04. The van der Waals surface area contributed by atoms with E-state index in [0.717, 1.165) is 24.6 Å². The Labute approximate surface area is 166 Å². The minimum atomic E-state index is -0.513. The monoisotopic (exact) mass is 393 g/mol. The van der Waals surface area contributed by atoms with Crippen LogP contribution in [-0.2, 0) is 4.74 Å². The highest BCUT2D eigenvalue weighted by molar-refractivity contribution is 5.70. The Morgan fingerprint density at radius 2 is 1.97 bits per heavy atom. The number of anilines is 4. The summed E-state index contributed by atoms with van der Waals surface area (Å²) in [4.78, 5) is 25.9. The predicted octanol–water partition coefficient (Wildman–Crippen LogP) is 2.61. The van der Waals surface area contributed by atoms with Gasteiger partial charge < -0.3 is 20.7 Å². The molecule has 0 bridgehead atoms. The molecular formula is C19H19N7O3. The largest absolute Gasteiger partial charge is 0.393 e. The lowest BCUT2D eigenvalue weighted by Gasteiger charge is -2.27. The average molecular weight is 393 g/mol. The van der Waals surface area contributed by atoms with E-state index in [4.69, 9.17) is 10.5 Å². The highest BCUT2D eigenvalue weighted by Gasteiger charge is 2.14. The first-order valence-electron chi connectivity index (χ1n) is 9.03. The van der Waals surface area contributed by atoms with Gasteiger partial charge in [0, 0.05) is 30.9 Å². The lowest BCUT2D eigenvalue weighted by atomic mass is 10.1. The van der Waals surface area contributed by atoms with Crippen LogP contribution in [0.1, 0.15) is 0 Å². The van der Waals surface area contributed by atoms with E-state index in [0.29, 0.717) is 30.4 Å². The van der Waals surface area contributed by atoms with Gasteiger partial charge in [0.05, 0.1) is 35.7 Å². The molecule has 0 saturated carbocycles. The van der Waals surface area contributed by atoms with Crippen molar-refractivity contribution in [2.24, 2.45) is 0 Å². The topological polar surface area (TPSA) is 132 Å². The summed E-state index contributed by atoms with van der Waals surface area (Å²) >= 11 is 0. The van der Waals surface area contributed by atoms with Crippen molar-refractivity contribution in [1.82, 2.24) is 15.0 Å². The molecule has 0 atom stereocenters. The van der Waals surface area contributed by atoms with Crippen LogP contribution in [0.15, 0.2) is 48.8 Å².